The Labute approximate surface area is 224 Å². The molecule has 0 bridgehead atoms. The molecule has 2 aromatic heterocycles. The molecule has 11 heteroatoms. The molecule has 2 amide bonds. The number of aromatic nitrogens is 4. The molecular formula is C27H26ClN7O3. The molecule has 3 heterocycles. The van der Waals surface area contributed by atoms with E-state index in [2.05, 4.69) is 26.7 Å². The van der Waals surface area contributed by atoms with Crippen LogP contribution in [0, 0.1) is 30.1 Å². The highest BCUT2D eigenvalue weighted by molar-refractivity contribution is 6.30. The smallest absolute Gasteiger partial charge is 0.273 e. The number of amides is 2. The number of aromatic hydroxyl groups is 1. The Bertz CT molecular complexity index is 1510. The fourth-order valence-electron chi connectivity index (χ4n) is 5.61. The van der Waals surface area contributed by atoms with Crippen LogP contribution in [0.2, 0.25) is 5.02 Å². The Kier molecular flexibility index (Phi) is 5.83. The number of nitrogens with one attached hydrogen (secondary N) is 1. The average molecular weight is 532 g/mol. The minimum Gasteiger partial charge on any atom is -0.504 e. The molecule has 194 valence electrons. The van der Waals surface area contributed by atoms with E-state index in [1.807, 2.05) is 13.0 Å². The van der Waals surface area contributed by atoms with Crippen LogP contribution in [0.4, 0.5) is 5.82 Å². The van der Waals surface area contributed by atoms with Gasteiger partial charge in [-0.25, -0.2) is 9.67 Å². The van der Waals surface area contributed by atoms with E-state index in [1.54, 1.807) is 41.0 Å². The first-order chi connectivity index (χ1) is 18.2. The number of hydrogen-bond acceptors (Lipinski definition) is 7. The number of pyridine rings is 1. The molecular weight excluding hydrogens is 506 g/mol. The summed E-state index contributed by atoms with van der Waals surface area (Å²) in [7, 11) is 0. The largest absolute Gasteiger partial charge is 0.504 e. The standard InChI is InChI=1S/C27H26ClN7O3/c1-13-22(10-30-25(24(13)36)34-11-17-7-21(17)27(34)38)14(2)35-12-23(32-33-35)26(37)31-19-5-16(6-19)20-8-18(28)4-3-15(20)9-29/h3-4,8,10,12,14,16-17,19,21,36H,5-7,11H2,1-2H3,(H,31,37)/t14-,16?,17-,19?,21-/m1/s1. The van der Waals surface area contributed by atoms with Gasteiger partial charge in [0.25, 0.3) is 5.91 Å². The van der Waals surface area contributed by atoms with Gasteiger partial charge in [0, 0.05) is 40.9 Å². The zero-order valence-electron chi connectivity index (χ0n) is 20.9. The number of halogens is 1. The van der Waals surface area contributed by atoms with Crippen LogP contribution < -0.4 is 10.2 Å². The van der Waals surface area contributed by atoms with Crippen molar-refractivity contribution in [1.29, 1.82) is 5.26 Å². The molecule has 3 aromatic rings. The van der Waals surface area contributed by atoms with Crippen LogP contribution in [0.25, 0.3) is 0 Å². The van der Waals surface area contributed by atoms with Crippen molar-refractivity contribution < 1.29 is 14.7 Å². The van der Waals surface area contributed by atoms with Gasteiger partial charge >= 0.3 is 0 Å². The molecule has 0 radical (unpaired) electrons. The molecule has 1 saturated heterocycles. The zero-order valence-corrected chi connectivity index (χ0v) is 21.7. The second kappa shape index (κ2) is 9.10. The summed E-state index contributed by atoms with van der Waals surface area (Å²) in [4.78, 5) is 31.3. The number of fused-ring (bicyclic) bond motifs is 1. The second-order valence-electron chi connectivity index (χ2n) is 10.5. The third kappa shape index (κ3) is 4.07. The number of hydrogen-bond donors (Lipinski definition) is 2. The van der Waals surface area contributed by atoms with E-state index in [9.17, 15) is 20.0 Å². The van der Waals surface area contributed by atoms with Crippen molar-refractivity contribution in [3.8, 4) is 11.8 Å². The minimum absolute atomic E-state index is 0.0131. The monoisotopic (exact) mass is 531 g/mol. The van der Waals surface area contributed by atoms with Crippen LogP contribution in [0.3, 0.4) is 0 Å². The fourth-order valence-corrected chi connectivity index (χ4v) is 5.79. The van der Waals surface area contributed by atoms with Gasteiger partial charge in [-0.15, -0.1) is 5.10 Å². The molecule has 1 aliphatic heterocycles. The second-order valence-corrected chi connectivity index (χ2v) is 10.9. The molecule has 10 nitrogen and oxygen atoms in total. The Morgan fingerprint density at radius 1 is 1.32 bits per heavy atom. The quantitative estimate of drug-likeness (QED) is 0.496. The number of carbonyl (C=O) groups is 2. The summed E-state index contributed by atoms with van der Waals surface area (Å²) in [6, 6.07) is 7.08. The summed E-state index contributed by atoms with van der Waals surface area (Å²) >= 11 is 6.11. The first-order valence-electron chi connectivity index (χ1n) is 12.7. The Morgan fingerprint density at radius 3 is 2.82 bits per heavy atom. The molecule has 0 unspecified atom stereocenters. The lowest BCUT2D eigenvalue weighted by Crippen LogP contribution is -2.43. The highest BCUT2D eigenvalue weighted by Gasteiger charge is 2.53. The highest BCUT2D eigenvalue weighted by atomic mass is 35.5. The van der Waals surface area contributed by atoms with Gasteiger partial charge < -0.3 is 10.4 Å². The van der Waals surface area contributed by atoms with E-state index in [0.717, 1.165) is 17.5 Å². The highest BCUT2D eigenvalue weighted by Crippen LogP contribution is 2.49. The maximum Gasteiger partial charge on any atom is 0.273 e. The van der Waals surface area contributed by atoms with Gasteiger partial charge in [0.05, 0.1) is 23.9 Å². The summed E-state index contributed by atoms with van der Waals surface area (Å²) in [5, 5.41) is 32.0. The number of carbonyl (C=O) groups excluding carboxylic acids is 2. The normalized spacial score (nSPS) is 24.4. The Balaban J connectivity index is 1.11. The number of nitrogens with zero attached hydrogens (tertiary/aromatic N) is 6. The van der Waals surface area contributed by atoms with E-state index in [1.165, 1.54) is 0 Å². The molecule has 3 fully saturated rings. The number of piperidine rings is 1. The average Bonchev–Trinajstić information content (AvgIpc) is 3.33. The molecule has 6 rings (SSSR count). The third-order valence-electron chi connectivity index (χ3n) is 8.14. The lowest BCUT2D eigenvalue weighted by atomic mass is 9.74. The SMILES string of the molecule is Cc1c([C@@H](C)n2cc(C(=O)NC3CC(c4cc(Cl)ccc4C#N)C3)nn2)cnc(N2C[C@H]3C[C@H]3C2=O)c1O. The van der Waals surface area contributed by atoms with Crippen molar-refractivity contribution in [3.05, 3.63) is 63.6 Å². The van der Waals surface area contributed by atoms with Crippen LogP contribution >= 0.6 is 11.6 Å². The van der Waals surface area contributed by atoms with E-state index in [4.69, 9.17) is 11.6 Å². The Hall–Kier alpha value is -3.97. The van der Waals surface area contributed by atoms with E-state index in [0.29, 0.717) is 47.3 Å². The summed E-state index contributed by atoms with van der Waals surface area (Å²) in [6.07, 6.45) is 5.57. The van der Waals surface area contributed by atoms with Crippen LogP contribution in [0.15, 0.2) is 30.6 Å². The maximum atomic E-state index is 12.8. The fraction of sp³-hybridized carbons (Fsp3) is 0.407. The van der Waals surface area contributed by atoms with Gasteiger partial charge in [0.2, 0.25) is 5.91 Å². The van der Waals surface area contributed by atoms with Gasteiger partial charge in [-0.3, -0.25) is 14.5 Å². The van der Waals surface area contributed by atoms with E-state index in [-0.39, 0.29) is 47.2 Å². The van der Waals surface area contributed by atoms with Gasteiger partial charge in [0.15, 0.2) is 17.3 Å². The maximum absolute atomic E-state index is 12.8. The Morgan fingerprint density at radius 2 is 2.11 bits per heavy atom. The summed E-state index contributed by atoms with van der Waals surface area (Å²) in [6.45, 7) is 4.26. The van der Waals surface area contributed by atoms with Gasteiger partial charge in [-0.05, 0) is 68.7 Å². The number of nitriles is 1. The number of benzene rings is 1. The van der Waals surface area contributed by atoms with E-state index >= 15 is 0 Å². The lowest BCUT2D eigenvalue weighted by molar-refractivity contribution is -0.118. The first kappa shape index (κ1) is 24.4. The van der Waals surface area contributed by atoms with Crippen molar-refractivity contribution in [2.75, 3.05) is 11.4 Å². The summed E-state index contributed by atoms with van der Waals surface area (Å²) < 4.78 is 1.56. The molecule has 2 aliphatic carbocycles. The van der Waals surface area contributed by atoms with Crippen molar-refractivity contribution in [2.24, 2.45) is 11.8 Å². The van der Waals surface area contributed by atoms with Crippen molar-refractivity contribution in [3.63, 3.8) is 0 Å². The van der Waals surface area contributed by atoms with Gasteiger partial charge in [0.1, 0.15) is 0 Å². The van der Waals surface area contributed by atoms with Gasteiger partial charge in [-0.1, -0.05) is 16.8 Å². The molecule has 0 spiro atoms. The topological polar surface area (TPSA) is 137 Å². The first-order valence-corrected chi connectivity index (χ1v) is 13.0. The van der Waals surface area contributed by atoms with Crippen molar-refractivity contribution in [1.82, 2.24) is 25.3 Å². The third-order valence-corrected chi connectivity index (χ3v) is 8.38. The number of rotatable bonds is 6. The summed E-state index contributed by atoms with van der Waals surface area (Å²) in [5.74, 6) is 0.608. The van der Waals surface area contributed by atoms with Crippen LogP contribution in [0.5, 0.6) is 5.75 Å². The molecule has 2 saturated carbocycles. The predicted octanol–water partition coefficient (Wildman–Crippen LogP) is 3.48. The van der Waals surface area contributed by atoms with Crippen LogP contribution in [-0.4, -0.2) is 49.5 Å². The van der Waals surface area contributed by atoms with Gasteiger partial charge in [-0.2, -0.15) is 5.26 Å². The molecule has 3 aliphatic rings. The predicted molar refractivity (Wildman–Crippen MR) is 138 cm³/mol. The number of anilines is 1. The lowest BCUT2D eigenvalue weighted by Gasteiger charge is -2.36. The minimum atomic E-state index is -0.348. The molecule has 1 aromatic carbocycles. The van der Waals surface area contributed by atoms with Crippen molar-refractivity contribution >= 4 is 29.2 Å². The van der Waals surface area contributed by atoms with E-state index < -0.39 is 0 Å². The molecule has 38 heavy (non-hydrogen) atoms. The summed E-state index contributed by atoms with van der Waals surface area (Å²) in [5.41, 5.74) is 3.03. The van der Waals surface area contributed by atoms with Crippen LogP contribution in [0.1, 0.15) is 70.9 Å². The van der Waals surface area contributed by atoms with Crippen LogP contribution in [-0.2, 0) is 4.79 Å². The van der Waals surface area contributed by atoms with Crippen molar-refractivity contribution in [2.45, 2.75) is 51.1 Å². The zero-order chi connectivity index (χ0) is 26.7. The molecule has 2 N–H and O–H groups in total. The molecule has 3 atom stereocenters.